The summed E-state index contributed by atoms with van der Waals surface area (Å²) in [6.45, 7) is 8.95. The van der Waals surface area contributed by atoms with Gasteiger partial charge in [0.2, 0.25) is 0 Å². The lowest BCUT2D eigenvalue weighted by Crippen LogP contribution is -2.43. The molecular weight excluding hydrogens is 458 g/mol. The molecule has 0 aromatic heterocycles. The maximum absolute atomic E-state index is 12.4. The van der Waals surface area contributed by atoms with Crippen molar-refractivity contribution in [2.75, 3.05) is 30.9 Å². The Morgan fingerprint density at radius 1 is 1.03 bits per heavy atom. The molecule has 1 unspecified atom stereocenters. The molecule has 1 aliphatic carbocycles. The molecule has 1 amide bonds. The van der Waals surface area contributed by atoms with Gasteiger partial charge in [-0.2, -0.15) is 0 Å². The fourth-order valence-electron chi connectivity index (χ4n) is 4.82. The number of halogens is 1. The van der Waals surface area contributed by atoms with Gasteiger partial charge in [0.15, 0.2) is 0 Å². The topological polar surface area (TPSA) is 44.8 Å². The number of rotatable bonds is 8. The largest absolute Gasteiger partial charge is 0.444 e. The van der Waals surface area contributed by atoms with E-state index in [0.717, 1.165) is 49.4 Å². The van der Waals surface area contributed by atoms with E-state index in [0.29, 0.717) is 5.92 Å². The SMILES string of the molecule is CCC(Nc1ccc(N(C)CC2CCC(N(C)C(=O)OC(C)(C)C)CC2)cc1)c1ccc(Cl)cc1. The highest BCUT2D eigenvalue weighted by molar-refractivity contribution is 6.30. The number of ether oxygens (including phenoxy) is 1. The highest BCUT2D eigenvalue weighted by atomic mass is 35.5. The van der Waals surface area contributed by atoms with Crippen molar-refractivity contribution in [2.24, 2.45) is 5.92 Å². The second-order valence-electron chi connectivity index (χ2n) is 10.8. The molecule has 1 aliphatic rings. The normalized spacial score (nSPS) is 19.1. The molecule has 2 aromatic carbocycles. The van der Waals surface area contributed by atoms with E-state index in [1.54, 1.807) is 4.90 Å². The second kappa shape index (κ2) is 12.0. The number of carbonyl (C=O) groups excluding carboxylic acids is 1. The van der Waals surface area contributed by atoms with Gasteiger partial charge >= 0.3 is 6.09 Å². The number of amides is 1. The van der Waals surface area contributed by atoms with Crippen LogP contribution >= 0.6 is 11.6 Å². The van der Waals surface area contributed by atoms with E-state index < -0.39 is 5.60 Å². The number of nitrogens with one attached hydrogen (secondary N) is 1. The van der Waals surface area contributed by atoms with Crippen molar-refractivity contribution in [1.82, 2.24) is 4.90 Å². The summed E-state index contributed by atoms with van der Waals surface area (Å²) in [5, 5.41) is 4.41. The van der Waals surface area contributed by atoms with E-state index in [2.05, 4.69) is 60.6 Å². The minimum atomic E-state index is -0.455. The molecule has 0 aliphatic heterocycles. The van der Waals surface area contributed by atoms with Crippen LogP contribution in [0.15, 0.2) is 48.5 Å². The van der Waals surface area contributed by atoms with E-state index in [9.17, 15) is 4.79 Å². The van der Waals surface area contributed by atoms with Crippen LogP contribution in [-0.4, -0.2) is 43.3 Å². The Kier molecular flexibility index (Phi) is 9.34. The first-order chi connectivity index (χ1) is 16.6. The Labute approximate surface area is 216 Å². The molecule has 0 saturated heterocycles. The highest BCUT2D eigenvalue weighted by Gasteiger charge is 2.29. The first-order valence-electron chi connectivity index (χ1n) is 12.8. The standard InChI is InChI=1S/C29H42ClN3O2/c1-7-27(22-10-12-23(30)13-11-22)31-24-14-18-25(19-15-24)32(5)20-21-8-16-26(17-9-21)33(6)28(34)35-29(2,3)4/h10-15,18-19,21,26-27,31H,7-9,16-17,20H2,1-6H3. The monoisotopic (exact) mass is 499 g/mol. The van der Waals surface area contributed by atoms with E-state index in [-0.39, 0.29) is 18.2 Å². The smallest absolute Gasteiger partial charge is 0.410 e. The minimum Gasteiger partial charge on any atom is -0.444 e. The number of benzene rings is 2. The summed E-state index contributed by atoms with van der Waals surface area (Å²) < 4.78 is 5.54. The maximum Gasteiger partial charge on any atom is 0.410 e. The molecular formula is C29H42ClN3O2. The lowest BCUT2D eigenvalue weighted by Gasteiger charge is -2.37. The summed E-state index contributed by atoms with van der Waals surface area (Å²) >= 11 is 6.05. The first kappa shape index (κ1) is 27.2. The van der Waals surface area contributed by atoms with Crippen molar-refractivity contribution < 1.29 is 9.53 Å². The Balaban J connectivity index is 1.49. The van der Waals surface area contributed by atoms with Gasteiger partial charge in [-0.05, 0) is 101 Å². The summed E-state index contributed by atoms with van der Waals surface area (Å²) in [7, 11) is 4.04. The van der Waals surface area contributed by atoms with E-state index in [1.165, 1.54) is 11.3 Å². The van der Waals surface area contributed by atoms with Crippen LogP contribution in [0.25, 0.3) is 0 Å². The molecule has 6 heteroatoms. The molecule has 0 bridgehead atoms. The molecule has 192 valence electrons. The van der Waals surface area contributed by atoms with Crippen LogP contribution in [0.1, 0.15) is 71.4 Å². The van der Waals surface area contributed by atoms with Crippen molar-refractivity contribution in [2.45, 2.75) is 77.5 Å². The van der Waals surface area contributed by atoms with Gasteiger partial charge in [-0.3, -0.25) is 0 Å². The van der Waals surface area contributed by atoms with Crippen LogP contribution in [0.4, 0.5) is 16.2 Å². The third kappa shape index (κ3) is 8.06. The Bertz CT molecular complexity index is 932. The molecule has 0 radical (unpaired) electrons. The summed E-state index contributed by atoms with van der Waals surface area (Å²) in [6, 6.07) is 17.3. The third-order valence-corrected chi connectivity index (χ3v) is 7.16. The number of carbonyl (C=O) groups is 1. The predicted octanol–water partition coefficient (Wildman–Crippen LogP) is 7.77. The van der Waals surface area contributed by atoms with E-state index >= 15 is 0 Å². The second-order valence-corrected chi connectivity index (χ2v) is 11.3. The van der Waals surface area contributed by atoms with Gasteiger partial charge in [0, 0.05) is 43.1 Å². The average Bonchev–Trinajstić information content (AvgIpc) is 2.82. The summed E-state index contributed by atoms with van der Waals surface area (Å²) in [5.74, 6) is 0.635. The molecule has 35 heavy (non-hydrogen) atoms. The predicted molar refractivity (Wildman–Crippen MR) is 148 cm³/mol. The van der Waals surface area contributed by atoms with Gasteiger partial charge in [0.05, 0.1) is 6.04 Å². The quantitative estimate of drug-likeness (QED) is 0.403. The number of hydrogen-bond donors (Lipinski definition) is 1. The zero-order valence-electron chi connectivity index (χ0n) is 22.2. The number of nitrogens with zero attached hydrogens (tertiary/aromatic N) is 2. The van der Waals surface area contributed by atoms with Crippen LogP contribution in [0, 0.1) is 5.92 Å². The van der Waals surface area contributed by atoms with Gasteiger partial charge in [0.1, 0.15) is 5.60 Å². The molecule has 5 nitrogen and oxygen atoms in total. The van der Waals surface area contributed by atoms with Crippen molar-refractivity contribution in [1.29, 1.82) is 0 Å². The van der Waals surface area contributed by atoms with Gasteiger partial charge in [-0.1, -0.05) is 30.7 Å². The molecule has 0 spiro atoms. The number of hydrogen-bond acceptors (Lipinski definition) is 4. The van der Waals surface area contributed by atoms with Gasteiger partial charge in [-0.15, -0.1) is 0 Å². The van der Waals surface area contributed by atoms with Crippen LogP contribution < -0.4 is 10.2 Å². The molecule has 1 atom stereocenters. The number of anilines is 2. The zero-order valence-corrected chi connectivity index (χ0v) is 22.9. The minimum absolute atomic E-state index is 0.215. The van der Waals surface area contributed by atoms with Crippen molar-refractivity contribution in [3.8, 4) is 0 Å². The van der Waals surface area contributed by atoms with E-state index in [4.69, 9.17) is 16.3 Å². The summed E-state index contributed by atoms with van der Waals surface area (Å²) in [6.07, 6.45) is 5.09. The van der Waals surface area contributed by atoms with Crippen molar-refractivity contribution >= 4 is 29.1 Å². The van der Waals surface area contributed by atoms with Gasteiger partial charge in [0.25, 0.3) is 0 Å². The van der Waals surface area contributed by atoms with Crippen molar-refractivity contribution in [3.05, 3.63) is 59.1 Å². The van der Waals surface area contributed by atoms with Crippen LogP contribution in [0.2, 0.25) is 5.02 Å². The van der Waals surface area contributed by atoms with Gasteiger partial charge in [-0.25, -0.2) is 4.79 Å². The maximum atomic E-state index is 12.4. The van der Waals surface area contributed by atoms with Crippen molar-refractivity contribution in [3.63, 3.8) is 0 Å². The first-order valence-corrected chi connectivity index (χ1v) is 13.2. The Morgan fingerprint density at radius 2 is 1.63 bits per heavy atom. The molecule has 3 rings (SSSR count). The molecule has 1 saturated carbocycles. The highest BCUT2D eigenvalue weighted by Crippen LogP contribution is 2.30. The van der Waals surface area contributed by atoms with Crippen LogP contribution in [-0.2, 0) is 4.74 Å². The fourth-order valence-corrected chi connectivity index (χ4v) is 4.95. The molecule has 0 heterocycles. The Morgan fingerprint density at radius 3 is 2.17 bits per heavy atom. The fraction of sp³-hybridized carbons (Fsp3) is 0.552. The lowest BCUT2D eigenvalue weighted by atomic mass is 9.85. The summed E-state index contributed by atoms with van der Waals surface area (Å²) in [4.78, 5) is 16.5. The molecule has 1 N–H and O–H groups in total. The zero-order chi connectivity index (χ0) is 25.6. The lowest BCUT2D eigenvalue weighted by molar-refractivity contribution is 0.0173. The average molecular weight is 500 g/mol. The summed E-state index contributed by atoms with van der Waals surface area (Å²) in [5.41, 5.74) is 3.13. The van der Waals surface area contributed by atoms with E-state index in [1.807, 2.05) is 40.0 Å². The molecule has 1 fully saturated rings. The van der Waals surface area contributed by atoms with Crippen LogP contribution in [0.3, 0.4) is 0 Å². The van der Waals surface area contributed by atoms with Crippen LogP contribution in [0.5, 0.6) is 0 Å². The molecule has 2 aromatic rings. The van der Waals surface area contributed by atoms with Gasteiger partial charge < -0.3 is 19.9 Å². The Hall–Kier alpha value is -2.40. The third-order valence-electron chi connectivity index (χ3n) is 6.91.